The number of halogens is 17. The highest BCUT2D eigenvalue weighted by molar-refractivity contribution is 7.16. The smallest absolute Gasteiger partial charge is 0.312 e. The largest absolute Gasteiger partial charge is 0.450 e. The first-order valence-electron chi connectivity index (χ1n) is 7.70. The van der Waals surface area contributed by atoms with E-state index in [9.17, 15) is 70.2 Å². The van der Waals surface area contributed by atoms with E-state index in [0.717, 1.165) is 0 Å². The lowest BCUT2D eigenvalue weighted by Gasteiger charge is -2.75. The lowest BCUT2D eigenvalue weighted by molar-refractivity contribution is -0.721. The van der Waals surface area contributed by atoms with Gasteiger partial charge in [-0.05, 0) is 0 Å². The third-order valence-electron chi connectivity index (χ3n) is 5.53. The standard InChI is InChI=1S/C12H4F17O3P/c13-2(1-33)3(9(18,19)20)5(14,15)7(11(24,25)26)31-4(2,10(21,22)23)6(16,17)8(30-3,32-7)12(27,28)29/h1,33H2. The number of hydrogen-bond donors (Lipinski definition) is 0. The first-order chi connectivity index (χ1) is 14.2. The van der Waals surface area contributed by atoms with Gasteiger partial charge in [-0.3, -0.25) is 4.74 Å². The molecule has 4 fully saturated rings. The van der Waals surface area contributed by atoms with Crippen molar-refractivity contribution in [2.45, 2.75) is 65.0 Å². The van der Waals surface area contributed by atoms with Crippen molar-refractivity contribution in [3.63, 3.8) is 0 Å². The van der Waals surface area contributed by atoms with Gasteiger partial charge in [0, 0.05) is 6.16 Å². The second-order valence-electron chi connectivity index (χ2n) is 7.05. The van der Waals surface area contributed by atoms with E-state index in [2.05, 4.69) is 14.2 Å². The van der Waals surface area contributed by atoms with E-state index in [1.807, 2.05) is 0 Å². The topological polar surface area (TPSA) is 27.7 Å². The Balaban J connectivity index is 2.74. The molecule has 4 bridgehead atoms. The molecule has 0 aromatic carbocycles. The highest BCUT2D eigenvalue weighted by Crippen LogP contribution is 2.82. The van der Waals surface area contributed by atoms with Gasteiger partial charge in [-0.1, -0.05) is 0 Å². The predicted molar refractivity (Wildman–Crippen MR) is 66.7 cm³/mol. The Kier molecular flexibility index (Phi) is 4.78. The number of rotatable bonds is 1. The molecule has 0 aromatic heterocycles. The Bertz CT molecular complexity index is 795. The molecule has 0 aromatic rings. The van der Waals surface area contributed by atoms with Gasteiger partial charge in [-0.25, -0.2) is 4.39 Å². The summed E-state index contributed by atoms with van der Waals surface area (Å²) in [5.41, 5.74) is -20.9. The molecule has 4 heterocycles. The van der Waals surface area contributed by atoms with Crippen LogP contribution in [-0.4, -0.2) is 71.2 Å². The summed E-state index contributed by atoms with van der Waals surface area (Å²) in [7, 11) is 0.499. The van der Waals surface area contributed by atoms with Crippen LogP contribution in [0.15, 0.2) is 0 Å². The van der Waals surface area contributed by atoms with Gasteiger partial charge in [-0.2, -0.15) is 70.2 Å². The molecule has 4 aliphatic rings. The molecular formula is C12H4F17O3P. The van der Waals surface area contributed by atoms with E-state index in [1.54, 1.807) is 0 Å². The first-order valence-corrected chi connectivity index (χ1v) is 8.52. The van der Waals surface area contributed by atoms with Crippen molar-refractivity contribution in [1.29, 1.82) is 0 Å². The lowest BCUT2D eigenvalue weighted by Crippen LogP contribution is -3.06. The van der Waals surface area contributed by atoms with Crippen LogP contribution in [-0.2, 0) is 14.2 Å². The van der Waals surface area contributed by atoms with Gasteiger partial charge in [0.15, 0.2) is 0 Å². The summed E-state index contributed by atoms with van der Waals surface area (Å²) < 4.78 is 247. The maximum absolute atomic E-state index is 15.6. The van der Waals surface area contributed by atoms with E-state index in [4.69, 9.17) is 0 Å². The third-order valence-corrected chi connectivity index (χ3v) is 6.10. The van der Waals surface area contributed by atoms with E-state index < -0.39 is 71.2 Å². The van der Waals surface area contributed by atoms with E-state index in [-0.39, 0.29) is 0 Å². The zero-order chi connectivity index (χ0) is 26.3. The molecule has 3 nitrogen and oxygen atoms in total. The second kappa shape index (κ2) is 5.91. The molecule has 5 unspecified atom stereocenters. The van der Waals surface area contributed by atoms with Gasteiger partial charge in [0.1, 0.15) is 0 Å². The number of alkyl halides is 17. The maximum atomic E-state index is 15.6. The van der Waals surface area contributed by atoms with Crippen molar-refractivity contribution < 1.29 is 88.8 Å². The summed E-state index contributed by atoms with van der Waals surface area (Å²) in [4.78, 5) is 0. The van der Waals surface area contributed by atoms with Crippen LogP contribution >= 0.6 is 9.24 Å². The number of ether oxygens (including phenoxy) is 3. The van der Waals surface area contributed by atoms with Crippen LogP contribution in [0.2, 0.25) is 0 Å². The van der Waals surface area contributed by atoms with E-state index >= 15 is 4.39 Å². The summed E-state index contributed by atoms with van der Waals surface area (Å²) >= 11 is 0. The van der Waals surface area contributed by atoms with E-state index in [1.165, 1.54) is 0 Å². The average molecular weight is 550 g/mol. The minimum Gasteiger partial charge on any atom is -0.312 e. The van der Waals surface area contributed by atoms with Crippen molar-refractivity contribution in [3.8, 4) is 0 Å². The van der Waals surface area contributed by atoms with Crippen molar-refractivity contribution in [2.24, 2.45) is 0 Å². The molecule has 5 atom stereocenters. The van der Waals surface area contributed by atoms with Gasteiger partial charge >= 0.3 is 48.1 Å². The van der Waals surface area contributed by atoms with Crippen LogP contribution in [0.4, 0.5) is 74.6 Å². The van der Waals surface area contributed by atoms with Gasteiger partial charge in [-0.15, -0.1) is 9.24 Å². The first kappa shape index (κ1) is 26.7. The summed E-state index contributed by atoms with van der Waals surface area (Å²) in [6.07, 6.45) is -33.2. The monoisotopic (exact) mass is 550 g/mol. The minimum atomic E-state index is -7.63. The second-order valence-corrected chi connectivity index (χ2v) is 7.46. The zero-order valence-corrected chi connectivity index (χ0v) is 15.6. The van der Waals surface area contributed by atoms with Crippen LogP contribution < -0.4 is 0 Å². The zero-order valence-electron chi connectivity index (χ0n) is 14.4. The third kappa shape index (κ3) is 2.18. The summed E-state index contributed by atoms with van der Waals surface area (Å²) in [6.45, 7) is 0. The molecule has 194 valence electrons. The molecule has 0 N–H and O–H groups in total. The van der Waals surface area contributed by atoms with Crippen LogP contribution in [0.25, 0.3) is 0 Å². The van der Waals surface area contributed by atoms with Crippen LogP contribution in [0.1, 0.15) is 0 Å². The Morgan fingerprint density at radius 2 is 0.758 bits per heavy atom. The van der Waals surface area contributed by atoms with Crippen molar-refractivity contribution in [2.75, 3.05) is 6.16 Å². The summed E-state index contributed by atoms with van der Waals surface area (Å²) in [5.74, 6) is -28.9. The Morgan fingerprint density at radius 3 is 0.939 bits per heavy atom. The van der Waals surface area contributed by atoms with Crippen LogP contribution in [0, 0.1) is 0 Å². The van der Waals surface area contributed by atoms with Gasteiger partial charge in [0.25, 0.3) is 11.2 Å². The summed E-state index contributed by atoms with van der Waals surface area (Å²) in [6, 6.07) is 0. The summed E-state index contributed by atoms with van der Waals surface area (Å²) in [5, 5.41) is 0. The fourth-order valence-electron chi connectivity index (χ4n) is 4.23. The fourth-order valence-corrected chi connectivity index (χ4v) is 4.80. The van der Waals surface area contributed by atoms with Crippen molar-refractivity contribution in [3.05, 3.63) is 0 Å². The molecule has 4 aliphatic heterocycles. The lowest BCUT2D eigenvalue weighted by atomic mass is 9.56. The van der Waals surface area contributed by atoms with E-state index in [0.29, 0.717) is 9.24 Å². The Morgan fingerprint density at radius 1 is 0.485 bits per heavy atom. The minimum absolute atomic E-state index is 0.499. The molecular weight excluding hydrogens is 546 g/mol. The molecule has 0 spiro atoms. The molecule has 4 rings (SSSR count). The average Bonchev–Trinajstić information content (AvgIpc) is 2.52. The quantitative estimate of drug-likeness (QED) is 0.338. The normalized spacial score (nSPS) is 44.9. The molecule has 0 radical (unpaired) electrons. The highest BCUT2D eigenvalue weighted by atomic mass is 31.0. The van der Waals surface area contributed by atoms with Gasteiger partial charge in [0.2, 0.25) is 5.67 Å². The maximum Gasteiger partial charge on any atom is 0.450 e. The molecule has 33 heavy (non-hydrogen) atoms. The molecule has 0 aliphatic carbocycles. The molecule has 4 saturated heterocycles. The Hall–Kier alpha value is -0.880. The van der Waals surface area contributed by atoms with Crippen molar-refractivity contribution in [1.82, 2.24) is 0 Å². The fraction of sp³-hybridized carbons (Fsp3) is 1.00. The van der Waals surface area contributed by atoms with Crippen molar-refractivity contribution >= 4 is 9.24 Å². The molecule has 0 saturated carbocycles. The van der Waals surface area contributed by atoms with Gasteiger partial charge in [0.05, 0.1) is 0 Å². The van der Waals surface area contributed by atoms with Crippen LogP contribution in [0.3, 0.4) is 0 Å². The Labute approximate surface area is 170 Å². The number of hydrogen-bond acceptors (Lipinski definition) is 3. The van der Waals surface area contributed by atoms with Gasteiger partial charge < -0.3 is 9.47 Å². The van der Waals surface area contributed by atoms with Crippen LogP contribution in [0.5, 0.6) is 0 Å². The SMILES string of the molecule is FC(F)(F)C12OC3(C(F)(F)F)OC(C(F)(F)F)(C1(F)F)C(F)(CP)C(C(F)(F)F)(O2)C3(F)F. The predicted octanol–water partition coefficient (Wildman–Crippen LogP) is 5.05. The molecule has 0 amide bonds. The highest BCUT2D eigenvalue weighted by Gasteiger charge is 3.14. The molecule has 21 heteroatoms.